The largest absolute Gasteiger partial charge is 0.367 e. The predicted octanol–water partition coefficient (Wildman–Crippen LogP) is 1.50. The van der Waals surface area contributed by atoms with E-state index in [0.717, 1.165) is 31.7 Å². The van der Waals surface area contributed by atoms with Gasteiger partial charge in [-0.3, -0.25) is 4.79 Å². The molecule has 0 aliphatic carbocycles. The maximum Gasteiger partial charge on any atom is 0.253 e. The third-order valence-electron chi connectivity index (χ3n) is 3.50. The summed E-state index contributed by atoms with van der Waals surface area (Å²) in [7, 11) is 2.14. The number of hydrogen-bond acceptors (Lipinski definition) is 4. The number of nitrogens with one attached hydrogen (secondary N) is 2. The quantitative estimate of drug-likeness (QED) is 0.799. The molecule has 2 heterocycles. The lowest BCUT2D eigenvalue weighted by Gasteiger charge is -2.29. The van der Waals surface area contributed by atoms with E-state index >= 15 is 0 Å². The van der Waals surface area contributed by atoms with Crippen LogP contribution >= 0.6 is 0 Å². The molecule has 1 aromatic rings. The van der Waals surface area contributed by atoms with Gasteiger partial charge in [-0.1, -0.05) is 6.08 Å². The molecule has 5 nitrogen and oxygen atoms in total. The SMILES string of the molecule is C=CCNC(=O)c1ccc(NC2CCN(C)CC2)nc1. The lowest BCUT2D eigenvalue weighted by Crippen LogP contribution is -2.36. The van der Waals surface area contributed by atoms with Gasteiger partial charge in [-0.05, 0) is 45.1 Å². The van der Waals surface area contributed by atoms with Gasteiger partial charge in [0.15, 0.2) is 0 Å². The summed E-state index contributed by atoms with van der Waals surface area (Å²) < 4.78 is 0. The van der Waals surface area contributed by atoms with Gasteiger partial charge in [0.2, 0.25) is 0 Å². The molecule has 1 aromatic heterocycles. The van der Waals surface area contributed by atoms with Crippen LogP contribution in [0.2, 0.25) is 0 Å². The Hall–Kier alpha value is -1.88. The molecule has 108 valence electrons. The van der Waals surface area contributed by atoms with Gasteiger partial charge in [-0.15, -0.1) is 6.58 Å². The maximum absolute atomic E-state index is 11.7. The number of nitrogens with zero attached hydrogens (tertiary/aromatic N) is 2. The third kappa shape index (κ3) is 4.06. The molecule has 0 unspecified atom stereocenters. The number of carbonyl (C=O) groups is 1. The van der Waals surface area contributed by atoms with Crippen molar-refractivity contribution in [1.29, 1.82) is 0 Å². The molecule has 5 heteroatoms. The Balaban J connectivity index is 1.88. The van der Waals surface area contributed by atoms with Gasteiger partial charge in [-0.25, -0.2) is 4.98 Å². The fourth-order valence-corrected chi connectivity index (χ4v) is 2.24. The van der Waals surface area contributed by atoms with E-state index in [1.807, 2.05) is 6.07 Å². The average Bonchev–Trinajstić information content (AvgIpc) is 2.48. The fourth-order valence-electron chi connectivity index (χ4n) is 2.24. The second-order valence-electron chi connectivity index (χ2n) is 5.15. The first kappa shape index (κ1) is 14.5. The van der Waals surface area contributed by atoms with Crippen molar-refractivity contribution < 1.29 is 4.79 Å². The first-order valence-electron chi connectivity index (χ1n) is 6.99. The molecule has 0 saturated carbocycles. The van der Waals surface area contributed by atoms with Crippen LogP contribution in [0.15, 0.2) is 31.0 Å². The topological polar surface area (TPSA) is 57.3 Å². The van der Waals surface area contributed by atoms with Gasteiger partial charge in [0.1, 0.15) is 5.82 Å². The summed E-state index contributed by atoms with van der Waals surface area (Å²) in [5, 5.41) is 6.16. The van der Waals surface area contributed by atoms with Crippen LogP contribution in [-0.2, 0) is 0 Å². The third-order valence-corrected chi connectivity index (χ3v) is 3.50. The summed E-state index contributed by atoms with van der Waals surface area (Å²) in [5.74, 6) is 0.711. The van der Waals surface area contributed by atoms with Crippen LogP contribution in [-0.4, -0.2) is 48.5 Å². The van der Waals surface area contributed by atoms with Gasteiger partial charge >= 0.3 is 0 Å². The highest BCUT2D eigenvalue weighted by Crippen LogP contribution is 2.14. The van der Waals surface area contributed by atoms with Crippen LogP contribution in [0.5, 0.6) is 0 Å². The van der Waals surface area contributed by atoms with E-state index in [1.165, 1.54) is 0 Å². The van der Waals surface area contributed by atoms with Crippen LogP contribution in [0.1, 0.15) is 23.2 Å². The summed E-state index contributed by atoms with van der Waals surface area (Å²) in [5.41, 5.74) is 0.570. The summed E-state index contributed by atoms with van der Waals surface area (Å²) in [6, 6.07) is 4.13. The van der Waals surface area contributed by atoms with Gasteiger partial charge in [0.05, 0.1) is 5.56 Å². The standard InChI is InChI=1S/C15H22N4O/c1-3-8-16-15(20)12-4-5-14(17-11-12)18-13-6-9-19(2)10-7-13/h3-5,11,13H,1,6-10H2,2H3,(H,16,20)(H,17,18). The lowest BCUT2D eigenvalue weighted by molar-refractivity contribution is 0.0957. The first-order chi connectivity index (χ1) is 9.69. The van der Waals surface area contributed by atoms with E-state index in [4.69, 9.17) is 0 Å². The molecule has 0 atom stereocenters. The van der Waals surface area contributed by atoms with Crippen molar-refractivity contribution in [2.45, 2.75) is 18.9 Å². The Labute approximate surface area is 120 Å². The normalized spacial score (nSPS) is 16.6. The zero-order valence-electron chi connectivity index (χ0n) is 11.9. The maximum atomic E-state index is 11.7. The van der Waals surface area contributed by atoms with E-state index in [0.29, 0.717) is 18.2 Å². The monoisotopic (exact) mass is 274 g/mol. The number of rotatable bonds is 5. The molecule has 2 rings (SSSR count). The molecule has 1 aliphatic heterocycles. The summed E-state index contributed by atoms with van der Waals surface area (Å²) in [6.07, 6.45) is 5.51. The van der Waals surface area contributed by atoms with E-state index in [2.05, 4.69) is 34.1 Å². The second kappa shape index (κ2) is 7.05. The molecule has 0 aromatic carbocycles. The Morgan fingerprint density at radius 1 is 1.50 bits per heavy atom. The second-order valence-corrected chi connectivity index (χ2v) is 5.15. The Morgan fingerprint density at radius 3 is 2.85 bits per heavy atom. The highest BCUT2D eigenvalue weighted by atomic mass is 16.1. The molecular formula is C15H22N4O. The number of likely N-dealkylation sites (tertiary alicyclic amines) is 1. The van der Waals surface area contributed by atoms with Gasteiger partial charge < -0.3 is 15.5 Å². The zero-order chi connectivity index (χ0) is 14.4. The molecule has 0 radical (unpaired) electrons. The number of hydrogen-bond donors (Lipinski definition) is 2. The molecule has 20 heavy (non-hydrogen) atoms. The first-order valence-corrected chi connectivity index (χ1v) is 6.99. The Morgan fingerprint density at radius 2 is 2.25 bits per heavy atom. The van der Waals surface area contributed by atoms with E-state index in [9.17, 15) is 4.79 Å². The number of aromatic nitrogens is 1. The zero-order valence-corrected chi connectivity index (χ0v) is 11.9. The number of carbonyl (C=O) groups excluding carboxylic acids is 1. The van der Waals surface area contributed by atoms with Crippen molar-refractivity contribution in [1.82, 2.24) is 15.2 Å². The van der Waals surface area contributed by atoms with Crippen LogP contribution in [0.4, 0.5) is 5.82 Å². The van der Waals surface area contributed by atoms with Crippen LogP contribution in [0, 0.1) is 0 Å². The smallest absolute Gasteiger partial charge is 0.253 e. The van der Waals surface area contributed by atoms with Crippen molar-refractivity contribution in [2.75, 3.05) is 32.0 Å². The van der Waals surface area contributed by atoms with Crippen LogP contribution in [0.25, 0.3) is 0 Å². The molecule has 1 fully saturated rings. The number of amides is 1. The lowest BCUT2D eigenvalue weighted by atomic mass is 10.1. The summed E-state index contributed by atoms with van der Waals surface area (Å²) >= 11 is 0. The minimum absolute atomic E-state index is 0.122. The minimum Gasteiger partial charge on any atom is -0.367 e. The van der Waals surface area contributed by atoms with Crippen LogP contribution < -0.4 is 10.6 Å². The van der Waals surface area contributed by atoms with Gasteiger partial charge in [0.25, 0.3) is 5.91 Å². The summed E-state index contributed by atoms with van der Waals surface area (Å²) in [4.78, 5) is 18.4. The van der Waals surface area contributed by atoms with Crippen molar-refractivity contribution in [3.63, 3.8) is 0 Å². The van der Waals surface area contributed by atoms with Gasteiger partial charge in [0, 0.05) is 18.8 Å². The van der Waals surface area contributed by atoms with Crippen molar-refractivity contribution >= 4 is 11.7 Å². The number of pyridine rings is 1. The molecule has 1 aliphatic rings. The molecule has 2 N–H and O–H groups in total. The molecular weight excluding hydrogens is 252 g/mol. The predicted molar refractivity (Wildman–Crippen MR) is 80.9 cm³/mol. The Bertz CT molecular complexity index is 449. The molecule has 1 saturated heterocycles. The molecule has 1 amide bonds. The van der Waals surface area contributed by atoms with E-state index in [-0.39, 0.29) is 5.91 Å². The molecule has 0 bridgehead atoms. The van der Waals surface area contributed by atoms with Crippen molar-refractivity contribution in [2.24, 2.45) is 0 Å². The van der Waals surface area contributed by atoms with E-state index in [1.54, 1.807) is 18.3 Å². The number of piperidine rings is 1. The highest BCUT2D eigenvalue weighted by Gasteiger charge is 2.16. The van der Waals surface area contributed by atoms with Crippen LogP contribution in [0.3, 0.4) is 0 Å². The Kier molecular flexibility index (Phi) is 5.12. The van der Waals surface area contributed by atoms with Crippen molar-refractivity contribution in [3.8, 4) is 0 Å². The van der Waals surface area contributed by atoms with Gasteiger partial charge in [-0.2, -0.15) is 0 Å². The van der Waals surface area contributed by atoms with Crippen molar-refractivity contribution in [3.05, 3.63) is 36.5 Å². The molecule has 0 spiro atoms. The van der Waals surface area contributed by atoms with E-state index < -0.39 is 0 Å². The number of anilines is 1. The highest BCUT2D eigenvalue weighted by molar-refractivity contribution is 5.94. The fraction of sp³-hybridized carbons (Fsp3) is 0.467. The minimum atomic E-state index is -0.122. The average molecular weight is 274 g/mol. The summed E-state index contributed by atoms with van der Waals surface area (Å²) in [6.45, 7) is 6.26.